The quantitative estimate of drug-likeness (QED) is 0.471. The molecule has 0 aromatic heterocycles. The van der Waals surface area contributed by atoms with Gasteiger partial charge in [0, 0.05) is 12.2 Å². The summed E-state index contributed by atoms with van der Waals surface area (Å²) in [5.74, 6) is 0. The van der Waals surface area contributed by atoms with E-state index in [1.54, 1.807) is 12.1 Å². The van der Waals surface area contributed by atoms with Crippen LogP contribution in [0.3, 0.4) is 0 Å². The molecule has 0 bridgehead atoms. The van der Waals surface area contributed by atoms with Gasteiger partial charge < -0.3 is 26.0 Å². The molecule has 6 nitrogen and oxygen atoms in total. The van der Waals surface area contributed by atoms with E-state index in [1.807, 2.05) is 54.6 Å². The van der Waals surface area contributed by atoms with Gasteiger partial charge >= 0.3 is 6.09 Å². The lowest BCUT2D eigenvalue weighted by Crippen LogP contribution is -2.29. The van der Waals surface area contributed by atoms with E-state index in [1.165, 1.54) is 0 Å². The van der Waals surface area contributed by atoms with Gasteiger partial charge in [0.1, 0.15) is 12.7 Å². The normalized spacial score (nSPS) is 13.1. The third-order valence-corrected chi connectivity index (χ3v) is 4.52. The van der Waals surface area contributed by atoms with Crippen molar-refractivity contribution in [1.82, 2.24) is 5.32 Å². The third kappa shape index (κ3) is 5.22. The number of hydrogen-bond donors (Lipinski definition) is 4. The van der Waals surface area contributed by atoms with Gasteiger partial charge in [0.05, 0.1) is 6.10 Å². The zero-order chi connectivity index (χ0) is 19.9. The van der Waals surface area contributed by atoms with Crippen LogP contribution in [0.1, 0.15) is 23.7 Å². The van der Waals surface area contributed by atoms with Crippen LogP contribution in [0.4, 0.5) is 10.5 Å². The number of anilines is 1. The molecule has 0 fully saturated rings. The van der Waals surface area contributed by atoms with Gasteiger partial charge in [0.2, 0.25) is 0 Å². The fourth-order valence-electron chi connectivity index (χ4n) is 2.94. The van der Waals surface area contributed by atoms with Gasteiger partial charge in [-0.25, -0.2) is 4.79 Å². The molecular weight excluding hydrogens is 356 g/mol. The van der Waals surface area contributed by atoms with Gasteiger partial charge in [0.25, 0.3) is 0 Å². The van der Waals surface area contributed by atoms with Crippen molar-refractivity contribution >= 4 is 22.6 Å². The summed E-state index contributed by atoms with van der Waals surface area (Å²) in [4.78, 5) is 11.7. The Morgan fingerprint density at radius 2 is 1.71 bits per heavy atom. The first-order valence-electron chi connectivity index (χ1n) is 9.13. The molecule has 0 aliphatic rings. The molecule has 3 aromatic carbocycles. The molecule has 0 aliphatic carbocycles. The number of carbonyl (C=O) groups is 1. The minimum absolute atomic E-state index is 0.180. The molecular formula is C22H24N2O4. The Labute approximate surface area is 163 Å². The number of nitrogens with one attached hydrogen (secondary N) is 1. The third-order valence-electron chi connectivity index (χ3n) is 4.52. The first kappa shape index (κ1) is 19.7. The summed E-state index contributed by atoms with van der Waals surface area (Å²) in [6.07, 6.45) is -2.43. The number of fused-ring (bicyclic) bond motifs is 1. The molecule has 0 aliphatic heterocycles. The molecule has 1 amide bonds. The summed E-state index contributed by atoms with van der Waals surface area (Å²) in [7, 11) is 0. The highest BCUT2D eigenvalue weighted by Gasteiger charge is 2.19. The van der Waals surface area contributed by atoms with Crippen LogP contribution in [-0.2, 0) is 11.3 Å². The zero-order valence-electron chi connectivity index (χ0n) is 15.4. The second-order valence-electron chi connectivity index (χ2n) is 6.66. The van der Waals surface area contributed by atoms with E-state index in [-0.39, 0.29) is 19.6 Å². The standard InChI is InChI=1S/C22H24N2O4/c23-19-9-8-16-12-18(7-6-17(16)13-19)21(26)20(25)10-11-24-22(27)28-14-15-4-2-1-3-5-15/h1-9,12-13,20-21,25-26H,10-11,14,23H2,(H,24,27). The number of carbonyl (C=O) groups excluding carboxylic acids is 1. The van der Waals surface area contributed by atoms with Crippen LogP contribution in [0.25, 0.3) is 10.8 Å². The number of aliphatic hydroxyl groups is 2. The van der Waals surface area contributed by atoms with E-state index in [0.29, 0.717) is 11.3 Å². The van der Waals surface area contributed by atoms with Crippen molar-refractivity contribution in [2.24, 2.45) is 0 Å². The zero-order valence-corrected chi connectivity index (χ0v) is 15.4. The van der Waals surface area contributed by atoms with E-state index >= 15 is 0 Å². The summed E-state index contributed by atoms with van der Waals surface area (Å²) in [6, 6.07) is 20.3. The molecule has 2 unspecified atom stereocenters. The topological polar surface area (TPSA) is 105 Å². The summed E-state index contributed by atoms with van der Waals surface area (Å²) < 4.78 is 5.11. The summed E-state index contributed by atoms with van der Waals surface area (Å²) in [6.45, 7) is 0.370. The van der Waals surface area contributed by atoms with E-state index in [0.717, 1.165) is 16.3 Å². The lowest BCUT2D eigenvalue weighted by atomic mass is 9.98. The number of nitrogen functional groups attached to an aromatic ring is 1. The number of alkyl carbamates (subject to hydrolysis) is 1. The largest absolute Gasteiger partial charge is 0.445 e. The fourth-order valence-corrected chi connectivity index (χ4v) is 2.94. The lowest BCUT2D eigenvalue weighted by molar-refractivity contribution is 0.0137. The molecule has 0 saturated carbocycles. The average molecular weight is 380 g/mol. The van der Waals surface area contributed by atoms with Crippen LogP contribution in [0.2, 0.25) is 0 Å². The number of hydrogen-bond acceptors (Lipinski definition) is 5. The Kier molecular flexibility index (Phi) is 6.47. The van der Waals surface area contributed by atoms with Crippen LogP contribution in [0.15, 0.2) is 66.7 Å². The second-order valence-corrected chi connectivity index (χ2v) is 6.66. The highest BCUT2D eigenvalue weighted by Crippen LogP contribution is 2.25. The van der Waals surface area contributed by atoms with Crippen molar-refractivity contribution in [3.05, 3.63) is 77.9 Å². The molecule has 3 rings (SSSR count). The second kappa shape index (κ2) is 9.21. The molecule has 5 N–H and O–H groups in total. The molecule has 3 aromatic rings. The maximum absolute atomic E-state index is 11.7. The molecule has 2 atom stereocenters. The predicted molar refractivity (Wildman–Crippen MR) is 109 cm³/mol. The first-order chi connectivity index (χ1) is 13.5. The molecule has 146 valence electrons. The van der Waals surface area contributed by atoms with Crippen molar-refractivity contribution < 1.29 is 19.7 Å². The summed E-state index contributed by atoms with van der Waals surface area (Å²) in [5, 5.41) is 25.1. The Bertz CT molecular complexity index is 930. The van der Waals surface area contributed by atoms with Gasteiger partial charge in [-0.2, -0.15) is 0 Å². The SMILES string of the molecule is Nc1ccc2cc(C(O)C(O)CCNC(=O)OCc3ccccc3)ccc2c1. The minimum Gasteiger partial charge on any atom is -0.445 e. The smallest absolute Gasteiger partial charge is 0.407 e. The van der Waals surface area contributed by atoms with E-state index < -0.39 is 18.3 Å². The molecule has 28 heavy (non-hydrogen) atoms. The summed E-state index contributed by atoms with van der Waals surface area (Å²) in [5.41, 5.74) is 7.94. The number of amides is 1. The Morgan fingerprint density at radius 1 is 1.00 bits per heavy atom. The van der Waals surface area contributed by atoms with Crippen molar-refractivity contribution in [2.75, 3.05) is 12.3 Å². The van der Waals surface area contributed by atoms with Gasteiger partial charge in [0.15, 0.2) is 0 Å². The Morgan fingerprint density at radius 3 is 2.50 bits per heavy atom. The lowest BCUT2D eigenvalue weighted by Gasteiger charge is -2.19. The number of nitrogens with two attached hydrogens (primary N) is 1. The van der Waals surface area contributed by atoms with Gasteiger partial charge in [-0.3, -0.25) is 0 Å². The van der Waals surface area contributed by atoms with E-state index in [9.17, 15) is 15.0 Å². The molecule has 0 heterocycles. The first-order valence-corrected chi connectivity index (χ1v) is 9.13. The van der Waals surface area contributed by atoms with Gasteiger partial charge in [-0.1, -0.05) is 48.5 Å². The molecule has 6 heteroatoms. The molecule has 0 spiro atoms. The van der Waals surface area contributed by atoms with E-state index in [2.05, 4.69) is 5.32 Å². The van der Waals surface area contributed by atoms with Gasteiger partial charge in [-0.15, -0.1) is 0 Å². The Hall–Kier alpha value is -3.09. The average Bonchev–Trinajstić information content (AvgIpc) is 2.72. The van der Waals surface area contributed by atoms with Crippen LogP contribution >= 0.6 is 0 Å². The van der Waals surface area contributed by atoms with E-state index in [4.69, 9.17) is 10.5 Å². The predicted octanol–water partition coefficient (Wildman–Crippen LogP) is 3.13. The molecule has 0 radical (unpaired) electrons. The Balaban J connectivity index is 1.47. The number of rotatable bonds is 7. The fraction of sp³-hybridized carbons (Fsp3) is 0.227. The maximum Gasteiger partial charge on any atom is 0.407 e. The highest BCUT2D eigenvalue weighted by atomic mass is 16.5. The van der Waals surface area contributed by atoms with Crippen molar-refractivity contribution in [1.29, 1.82) is 0 Å². The van der Waals surface area contributed by atoms with Crippen LogP contribution in [0.5, 0.6) is 0 Å². The number of ether oxygens (including phenoxy) is 1. The summed E-state index contributed by atoms with van der Waals surface area (Å²) >= 11 is 0. The van der Waals surface area contributed by atoms with Crippen LogP contribution in [-0.4, -0.2) is 29.0 Å². The van der Waals surface area contributed by atoms with Gasteiger partial charge in [-0.05, 0) is 46.5 Å². The highest BCUT2D eigenvalue weighted by molar-refractivity contribution is 5.86. The van der Waals surface area contributed by atoms with Crippen LogP contribution in [0, 0.1) is 0 Å². The monoisotopic (exact) mass is 380 g/mol. The maximum atomic E-state index is 11.7. The minimum atomic E-state index is -1.05. The van der Waals surface area contributed by atoms with Crippen molar-refractivity contribution in [3.8, 4) is 0 Å². The number of aliphatic hydroxyl groups excluding tert-OH is 2. The van der Waals surface area contributed by atoms with Crippen molar-refractivity contribution in [2.45, 2.75) is 25.2 Å². The molecule has 0 saturated heterocycles. The number of benzene rings is 3. The van der Waals surface area contributed by atoms with Crippen molar-refractivity contribution in [3.63, 3.8) is 0 Å². The van der Waals surface area contributed by atoms with Crippen LogP contribution < -0.4 is 11.1 Å².